The molecule has 0 bridgehead atoms. The second-order valence-corrected chi connectivity index (χ2v) is 4.34. The van der Waals surface area contributed by atoms with E-state index in [1.165, 1.54) is 0 Å². The smallest absolute Gasteiger partial charge is 0.206 e. The van der Waals surface area contributed by atoms with E-state index in [1.807, 2.05) is 35.8 Å². The third-order valence-electron chi connectivity index (χ3n) is 2.91. The maximum atomic E-state index is 5.71. The molecule has 3 rings (SSSR count). The first-order valence-electron chi connectivity index (χ1n) is 6.18. The van der Waals surface area contributed by atoms with E-state index in [-0.39, 0.29) is 0 Å². The van der Waals surface area contributed by atoms with Crippen LogP contribution in [0.5, 0.6) is 0 Å². The summed E-state index contributed by atoms with van der Waals surface area (Å²) in [6.45, 7) is 4.08. The predicted molar refractivity (Wildman–Crippen MR) is 69.9 cm³/mol. The van der Waals surface area contributed by atoms with Gasteiger partial charge in [0.15, 0.2) is 5.65 Å². The topological polar surface area (TPSA) is 43.9 Å². The maximum Gasteiger partial charge on any atom is 0.206 e. The summed E-state index contributed by atoms with van der Waals surface area (Å²) in [4.78, 5) is 9.04. The fraction of sp³-hybridized carbons (Fsp3) is 0.286. The van der Waals surface area contributed by atoms with Gasteiger partial charge < -0.3 is 4.42 Å². The van der Waals surface area contributed by atoms with Gasteiger partial charge in [0.25, 0.3) is 0 Å². The number of hydrogen-bond donors (Lipinski definition) is 0. The summed E-state index contributed by atoms with van der Waals surface area (Å²) in [7, 11) is 0. The van der Waals surface area contributed by atoms with Gasteiger partial charge >= 0.3 is 0 Å². The van der Waals surface area contributed by atoms with Gasteiger partial charge in [0.1, 0.15) is 17.1 Å². The Balaban J connectivity index is 2.27. The molecule has 4 heteroatoms. The fourth-order valence-corrected chi connectivity index (χ4v) is 2.12. The van der Waals surface area contributed by atoms with Crippen LogP contribution in [0.15, 0.2) is 34.9 Å². The highest BCUT2D eigenvalue weighted by Gasteiger charge is 2.14. The van der Waals surface area contributed by atoms with E-state index in [4.69, 9.17) is 4.42 Å². The van der Waals surface area contributed by atoms with Crippen molar-refractivity contribution in [3.05, 3.63) is 42.0 Å². The zero-order valence-corrected chi connectivity index (χ0v) is 10.6. The number of rotatable bonds is 3. The summed E-state index contributed by atoms with van der Waals surface area (Å²) in [6, 6.07) is 7.81. The quantitative estimate of drug-likeness (QED) is 0.706. The lowest BCUT2D eigenvalue weighted by molar-refractivity contribution is 0.507. The fourth-order valence-electron chi connectivity index (χ4n) is 2.12. The van der Waals surface area contributed by atoms with Gasteiger partial charge in [0, 0.05) is 18.7 Å². The summed E-state index contributed by atoms with van der Waals surface area (Å²) >= 11 is 0. The Hall–Kier alpha value is -2.10. The second kappa shape index (κ2) is 4.29. The molecule has 0 aliphatic heterocycles. The van der Waals surface area contributed by atoms with E-state index in [0.717, 1.165) is 41.5 Å². The van der Waals surface area contributed by atoms with Gasteiger partial charge in [-0.15, -0.1) is 0 Å². The zero-order valence-electron chi connectivity index (χ0n) is 10.6. The summed E-state index contributed by atoms with van der Waals surface area (Å²) in [5, 5.41) is 0. The van der Waals surface area contributed by atoms with Crippen LogP contribution >= 0.6 is 0 Å². The largest absolute Gasteiger partial charge is 0.445 e. The molecule has 4 nitrogen and oxygen atoms in total. The van der Waals surface area contributed by atoms with Gasteiger partial charge in [-0.3, -0.25) is 0 Å². The van der Waals surface area contributed by atoms with Crippen molar-refractivity contribution in [2.45, 2.75) is 26.7 Å². The first-order chi connectivity index (χ1) is 8.79. The van der Waals surface area contributed by atoms with Crippen molar-refractivity contribution in [2.24, 2.45) is 0 Å². The third kappa shape index (κ3) is 1.70. The molecule has 0 saturated carbocycles. The lowest BCUT2D eigenvalue weighted by atomic mass is 10.3. The molecule has 0 amide bonds. The highest BCUT2D eigenvalue weighted by Crippen LogP contribution is 2.22. The average Bonchev–Trinajstić information content (AvgIpc) is 2.92. The first-order valence-corrected chi connectivity index (χ1v) is 6.18. The molecular weight excluding hydrogens is 226 g/mol. The van der Waals surface area contributed by atoms with Crippen LogP contribution in [0.3, 0.4) is 0 Å². The number of furan rings is 1. The summed E-state index contributed by atoms with van der Waals surface area (Å²) in [6.07, 6.45) is 3.74. The van der Waals surface area contributed by atoms with Crippen LogP contribution < -0.4 is 0 Å². The van der Waals surface area contributed by atoms with Crippen molar-refractivity contribution in [1.82, 2.24) is 14.5 Å². The molecule has 92 valence electrons. The van der Waals surface area contributed by atoms with Crippen molar-refractivity contribution in [1.29, 1.82) is 0 Å². The average molecular weight is 241 g/mol. The second-order valence-electron chi connectivity index (χ2n) is 4.34. The number of imidazole rings is 1. The number of aromatic nitrogens is 3. The molecule has 0 radical (unpaired) electrons. The van der Waals surface area contributed by atoms with Crippen LogP contribution in [0.25, 0.3) is 17.0 Å². The van der Waals surface area contributed by atoms with E-state index in [2.05, 4.69) is 16.9 Å². The number of nitrogens with zero attached hydrogens (tertiary/aromatic N) is 3. The Labute approximate surface area is 105 Å². The van der Waals surface area contributed by atoms with Gasteiger partial charge in [0.05, 0.1) is 0 Å². The lowest BCUT2D eigenvalue weighted by Gasteiger charge is -2.03. The molecule has 0 aliphatic rings. The monoisotopic (exact) mass is 241 g/mol. The van der Waals surface area contributed by atoms with Crippen LogP contribution in [0.2, 0.25) is 0 Å². The van der Waals surface area contributed by atoms with Gasteiger partial charge in [-0.05, 0) is 31.5 Å². The Kier molecular flexibility index (Phi) is 2.63. The molecule has 0 spiro atoms. The van der Waals surface area contributed by atoms with Gasteiger partial charge in [-0.25, -0.2) is 14.5 Å². The summed E-state index contributed by atoms with van der Waals surface area (Å²) < 4.78 is 7.71. The van der Waals surface area contributed by atoms with E-state index >= 15 is 0 Å². The Morgan fingerprint density at radius 2 is 2.17 bits per heavy atom. The predicted octanol–water partition coefficient (Wildman–Crippen LogP) is 3.27. The van der Waals surface area contributed by atoms with Crippen molar-refractivity contribution in [3.8, 4) is 5.88 Å². The van der Waals surface area contributed by atoms with Crippen molar-refractivity contribution in [2.75, 3.05) is 0 Å². The minimum atomic E-state index is 0.789. The van der Waals surface area contributed by atoms with Crippen molar-refractivity contribution in [3.63, 3.8) is 0 Å². The van der Waals surface area contributed by atoms with E-state index in [1.54, 1.807) is 6.20 Å². The van der Waals surface area contributed by atoms with E-state index in [9.17, 15) is 0 Å². The van der Waals surface area contributed by atoms with Gasteiger partial charge in [0.2, 0.25) is 5.88 Å². The van der Waals surface area contributed by atoms with Crippen LogP contribution in [0.1, 0.15) is 24.9 Å². The molecule has 0 N–H and O–H groups in total. The molecule has 3 aromatic heterocycles. The number of pyridine rings is 1. The van der Waals surface area contributed by atoms with Crippen LogP contribution in [-0.4, -0.2) is 14.5 Å². The Morgan fingerprint density at radius 3 is 2.89 bits per heavy atom. The van der Waals surface area contributed by atoms with Crippen molar-refractivity contribution >= 4 is 11.2 Å². The number of aryl methyl sites for hydroxylation is 2. The van der Waals surface area contributed by atoms with Crippen LogP contribution in [0.4, 0.5) is 0 Å². The number of fused-ring (bicyclic) bond motifs is 1. The molecule has 0 aromatic carbocycles. The number of hydrogen-bond acceptors (Lipinski definition) is 3. The molecule has 0 aliphatic carbocycles. The molecule has 0 atom stereocenters. The first kappa shape index (κ1) is 11.0. The molecular formula is C14H15N3O. The third-order valence-corrected chi connectivity index (χ3v) is 2.91. The van der Waals surface area contributed by atoms with Crippen LogP contribution in [0, 0.1) is 6.92 Å². The minimum absolute atomic E-state index is 0.789. The maximum absolute atomic E-state index is 5.71. The minimum Gasteiger partial charge on any atom is -0.445 e. The Morgan fingerprint density at radius 1 is 1.28 bits per heavy atom. The van der Waals surface area contributed by atoms with Gasteiger partial charge in [-0.2, -0.15) is 0 Å². The molecule has 0 fully saturated rings. The normalized spacial score (nSPS) is 11.2. The molecule has 0 saturated heterocycles. The Bertz CT molecular complexity index is 681. The van der Waals surface area contributed by atoms with Crippen molar-refractivity contribution < 1.29 is 4.42 Å². The van der Waals surface area contributed by atoms with E-state index < -0.39 is 0 Å². The molecule has 3 heterocycles. The molecule has 0 unspecified atom stereocenters. The van der Waals surface area contributed by atoms with E-state index in [0.29, 0.717) is 0 Å². The highest BCUT2D eigenvalue weighted by atomic mass is 16.4. The zero-order chi connectivity index (χ0) is 12.5. The lowest BCUT2D eigenvalue weighted by Crippen LogP contribution is -2.00. The summed E-state index contributed by atoms with van der Waals surface area (Å²) in [5.41, 5.74) is 1.77. The molecule has 18 heavy (non-hydrogen) atoms. The summed E-state index contributed by atoms with van der Waals surface area (Å²) in [5.74, 6) is 2.68. The SMILES string of the molecule is CCCc1nc2cccnc2n1-c1ccc(C)o1. The van der Waals surface area contributed by atoms with Crippen LogP contribution in [-0.2, 0) is 6.42 Å². The highest BCUT2D eigenvalue weighted by molar-refractivity contribution is 5.73. The molecule has 3 aromatic rings. The van der Waals surface area contributed by atoms with Gasteiger partial charge in [-0.1, -0.05) is 6.92 Å². The standard InChI is InChI=1S/C14H15N3O/c1-3-5-12-16-11-6-4-9-15-14(11)17(12)13-8-7-10(2)18-13/h4,6-9H,3,5H2,1-2H3.